The Labute approximate surface area is 96.5 Å². The number of carbonyl (C=O) groups is 3. The van der Waals surface area contributed by atoms with Crippen molar-refractivity contribution in [1.29, 1.82) is 0 Å². The van der Waals surface area contributed by atoms with Crippen LogP contribution in [0, 0.1) is 6.92 Å². The van der Waals surface area contributed by atoms with Crippen LogP contribution in [0.5, 0.6) is 0 Å². The molecule has 1 aromatic carbocycles. The molecule has 0 N–H and O–H groups in total. The lowest BCUT2D eigenvalue weighted by Gasteiger charge is -2.03. The molecule has 1 aromatic rings. The molecule has 0 aliphatic carbocycles. The van der Waals surface area contributed by atoms with Crippen LogP contribution < -0.4 is 0 Å². The SMILES string of the molecule is C=O.C=O.CCc1cc(C(C)=O)ccc1C. The summed E-state index contributed by atoms with van der Waals surface area (Å²) in [7, 11) is 0. The van der Waals surface area contributed by atoms with Gasteiger partial charge in [0.15, 0.2) is 5.78 Å². The number of benzene rings is 1. The fourth-order valence-electron chi connectivity index (χ4n) is 1.27. The zero-order chi connectivity index (χ0) is 13.1. The normalized spacial score (nSPS) is 7.94. The summed E-state index contributed by atoms with van der Waals surface area (Å²) in [6, 6.07) is 5.88. The molecule has 0 atom stereocenters. The predicted octanol–water partition coefficient (Wildman–Crippen LogP) is 2.39. The highest BCUT2D eigenvalue weighted by molar-refractivity contribution is 5.94. The van der Waals surface area contributed by atoms with Gasteiger partial charge in [0, 0.05) is 5.56 Å². The molecule has 0 aliphatic heterocycles. The number of hydrogen-bond donors (Lipinski definition) is 0. The molecule has 0 saturated heterocycles. The molecule has 88 valence electrons. The van der Waals surface area contributed by atoms with E-state index in [1.807, 2.05) is 31.8 Å². The fourth-order valence-corrected chi connectivity index (χ4v) is 1.27. The Kier molecular flexibility index (Phi) is 10.2. The second-order valence-corrected chi connectivity index (χ2v) is 3.05. The maximum Gasteiger partial charge on any atom is 0.159 e. The summed E-state index contributed by atoms with van der Waals surface area (Å²) in [6.07, 6.45) is 0.993. The van der Waals surface area contributed by atoms with Crippen molar-refractivity contribution in [2.45, 2.75) is 27.2 Å². The molecule has 0 aliphatic rings. The average molecular weight is 222 g/mol. The second kappa shape index (κ2) is 9.77. The summed E-state index contributed by atoms with van der Waals surface area (Å²) in [5.74, 6) is 0.143. The Morgan fingerprint density at radius 3 is 2.06 bits per heavy atom. The Bertz CT molecular complexity index is 330. The topological polar surface area (TPSA) is 51.2 Å². The summed E-state index contributed by atoms with van der Waals surface area (Å²) in [6.45, 7) is 9.78. The molecular formula is C13H18O3. The van der Waals surface area contributed by atoms with E-state index in [1.54, 1.807) is 6.92 Å². The summed E-state index contributed by atoms with van der Waals surface area (Å²) in [5.41, 5.74) is 3.35. The van der Waals surface area contributed by atoms with Gasteiger partial charge in [0.1, 0.15) is 13.6 Å². The quantitative estimate of drug-likeness (QED) is 0.722. The largest absolute Gasteiger partial charge is 0.307 e. The highest BCUT2D eigenvalue weighted by Gasteiger charge is 2.01. The van der Waals surface area contributed by atoms with E-state index in [-0.39, 0.29) is 5.78 Å². The van der Waals surface area contributed by atoms with E-state index < -0.39 is 0 Å². The number of carbonyl (C=O) groups excluding carboxylic acids is 3. The van der Waals surface area contributed by atoms with Crippen LogP contribution in [-0.4, -0.2) is 19.4 Å². The van der Waals surface area contributed by atoms with Crippen molar-refractivity contribution < 1.29 is 14.4 Å². The van der Waals surface area contributed by atoms with Crippen molar-refractivity contribution in [1.82, 2.24) is 0 Å². The molecule has 0 fully saturated rings. The number of Topliss-reactive ketones (excluding diaryl/α,β-unsaturated/α-hetero) is 1. The summed E-state index contributed by atoms with van der Waals surface area (Å²) < 4.78 is 0. The monoisotopic (exact) mass is 222 g/mol. The minimum Gasteiger partial charge on any atom is -0.307 e. The summed E-state index contributed by atoms with van der Waals surface area (Å²) >= 11 is 0. The molecule has 3 nitrogen and oxygen atoms in total. The van der Waals surface area contributed by atoms with Gasteiger partial charge in [-0.05, 0) is 37.5 Å². The maximum absolute atomic E-state index is 11.0. The molecule has 0 saturated carbocycles. The van der Waals surface area contributed by atoms with E-state index in [1.165, 1.54) is 11.1 Å². The fraction of sp³-hybridized carbons (Fsp3) is 0.308. The van der Waals surface area contributed by atoms with Gasteiger partial charge < -0.3 is 9.59 Å². The van der Waals surface area contributed by atoms with E-state index >= 15 is 0 Å². The van der Waals surface area contributed by atoms with Crippen molar-refractivity contribution in [3.63, 3.8) is 0 Å². The maximum atomic E-state index is 11.0. The summed E-state index contributed by atoms with van der Waals surface area (Å²) in [4.78, 5) is 27.0. The number of rotatable bonds is 2. The van der Waals surface area contributed by atoms with Gasteiger partial charge in [0.05, 0.1) is 0 Å². The zero-order valence-electron chi connectivity index (χ0n) is 10.1. The van der Waals surface area contributed by atoms with Gasteiger partial charge in [0.2, 0.25) is 0 Å². The van der Waals surface area contributed by atoms with Crippen molar-refractivity contribution in [2.24, 2.45) is 0 Å². The Morgan fingerprint density at radius 1 is 1.19 bits per heavy atom. The van der Waals surface area contributed by atoms with Crippen molar-refractivity contribution in [2.75, 3.05) is 0 Å². The van der Waals surface area contributed by atoms with Crippen LogP contribution in [0.1, 0.15) is 35.3 Å². The van der Waals surface area contributed by atoms with Crippen LogP contribution in [-0.2, 0) is 16.0 Å². The van der Waals surface area contributed by atoms with Crippen molar-refractivity contribution in [3.05, 3.63) is 34.9 Å². The molecular weight excluding hydrogens is 204 g/mol. The first-order valence-corrected chi connectivity index (χ1v) is 4.83. The van der Waals surface area contributed by atoms with E-state index in [0.29, 0.717) is 0 Å². The number of hydrogen-bond acceptors (Lipinski definition) is 3. The third kappa shape index (κ3) is 5.20. The Balaban J connectivity index is 0. The lowest BCUT2D eigenvalue weighted by atomic mass is 10.0. The van der Waals surface area contributed by atoms with Crippen LogP contribution in [0.3, 0.4) is 0 Å². The minimum absolute atomic E-state index is 0.143. The van der Waals surface area contributed by atoms with Gasteiger partial charge in [-0.2, -0.15) is 0 Å². The van der Waals surface area contributed by atoms with E-state index in [0.717, 1.165) is 12.0 Å². The number of ketones is 1. The van der Waals surface area contributed by atoms with Crippen LogP contribution in [0.4, 0.5) is 0 Å². The summed E-state index contributed by atoms with van der Waals surface area (Å²) in [5, 5.41) is 0. The van der Waals surface area contributed by atoms with Crippen molar-refractivity contribution >= 4 is 19.4 Å². The highest BCUT2D eigenvalue weighted by atomic mass is 16.1. The smallest absolute Gasteiger partial charge is 0.159 e. The molecule has 3 heteroatoms. The highest BCUT2D eigenvalue weighted by Crippen LogP contribution is 2.11. The molecule has 0 spiro atoms. The molecule has 0 unspecified atom stereocenters. The van der Waals surface area contributed by atoms with E-state index in [9.17, 15) is 4.79 Å². The van der Waals surface area contributed by atoms with Gasteiger partial charge in [-0.3, -0.25) is 4.79 Å². The molecule has 16 heavy (non-hydrogen) atoms. The minimum atomic E-state index is 0.143. The number of aryl methyl sites for hydroxylation is 2. The Hall–Kier alpha value is -1.77. The third-order valence-electron chi connectivity index (χ3n) is 2.14. The predicted molar refractivity (Wildman–Crippen MR) is 64.8 cm³/mol. The first-order chi connectivity index (χ1) is 7.65. The first kappa shape index (κ1) is 16.7. The van der Waals surface area contributed by atoms with Crippen molar-refractivity contribution in [3.8, 4) is 0 Å². The van der Waals surface area contributed by atoms with Gasteiger partial charge in [-0.1, -0.05) is 19.1 Å². The van der Waals surface area contributed by atoms with Gasteiger partial charge in [-0.15, -0.1) is 0 Å². The average Bonchev–Trinajstić information content (AvgIpc) is 2.34. The van der Waals surface area contributed by atoms with Crippen LogP contribution >= 0.6 is 0 Å². The Morgan fingerprint density at radius 2 is 1.69 bits per heavy atom. The zero-order valence-corrected chi connectivity index (χ0v) is 10.1. The van der Waals surface area contributed by atoms with Crippen LogP contribution in [0.15, 0.2) is 18.2 Å². The standard InChI is InChI=1S/C11H14O.2CH2O/c1-4-10-7-11(9(3)12)6-5-8(10)2;2*1-2/h5-7H,4H2,1-3H3;2*1H2. The van der Waals surface area contributed by atoms with Gasteiger partial charge in [0.25, 0.3) is 0 Å². The first-order valence-electron chi connectivity index (χ1n) is 4.83. The molecule has 0 aromatic heterocycles. The van der Waals surface area contributed by atoms with E-state index in [4.69, 9.17) is 9.59 Å². The van der Waals surface area contributed by atoms with Crippen LogP contribution in [0.25, 0.3) is 0 Å². The van der Waals surface area contributed by atoms with Crippen LogP contribution in [0.2, 0.25) is 0 Å². The van der Waals surface area contributed by atoms with Gasteiger partial charge in [-0.25, -0.2) is 0 Å². The molecule has 0 amide bonds. The lowest BCUT2D eigenvalue weighted by molar-refractivity contribution is -0.0987. The van der Waals surface area contributed by atoms with Gasteiger partial charge >= 0.3 is 0 Å². The third-order valence-corrected chi connectivity index (χ3v) is 2.14. The second-order valence-electron chi connectivity index (χ2n) is 3.05. The molecule has 0 heterocycles. The lowest BCUT2D eigenvalue weighted by Crippen LogP contribution is -1.95. The molecule has 1 rings (SSSR count). The van der Waals surface area contributed by atoms with E-state index in [2.05, 4.69) is 13.8 Å². The molecule has 0 bridgehead atoms. The molecule has 0 radical (unpaired) electrons.